The Morgan fingerprint density at radius 2 is 1.95 bits per heavy atom. The molecule has 6 heteroatoms. The molecule has 0 heterocycles. The average molecular weight is 311 g/mol. The van der Waals surface area contributed by atoms with E-state index in [-0.39, 0.29) is 12.0 Å². The standard InChI is InChI=1S/C16H19F2NO3/c1-10-4-6-16(7-5-10,15(21)22)19-14(20)8-11-2-3-12(17)9-13(11)18/h2-3,9-10H,4-8H2,1H3,(H,19,20)(H,21,22). The van der Waals surface area contributed by atoms with Gasteiger partial charge in [0.2, 0.25) is 5.91 Å². The van der Waals surface area contributed by atoms with Gasteiger partial charge in [0, 0.05) is 6.07 Å². The highest BCUT2D eigenvalue weighted by Gasteiger charge is 2.42. The number of carbonyl (C=O) groups is 2. The lowest BCUT2D eigenvalue weighted by Gasteiger charge is -2.36. The van der Waals surface area contributed by atoms with Crippen molar-refractivity contribution in [2.75, 3.05) is 0 Å². The number of rotatable bonds is 4. The number of amides is 1. The van der Waals surface area contributed by atoms with Crippen LogP contribution < -0.4 is 5.32 Å². The van der Waals surface area contributed by atoms with Gasteiger partial charge in [-0.1, -0.05) is 13.0 Å². The lowest BCUT2D eigenvalue weighted by molar-refractivity contribution is -0.149. The molecule has 0 saturated heterocycles. The fourth-order valence-electron chi connectivity index (χ4n) is 2.80. The van der Waals surface area contributed by atoms with E-state index >= 15 is 0 Å². The molecule has 0 unspecified atom stereocenters. The molecule has 4 nitrogen and oxygen atoms in total. The molecule has 0 bridgehead atoms. The summed E-state index contributed by atoms with van der Waals surface area (Å²) in [6.45, 7) is 2.04. The quantitative estimate of drug-likeness (QED) is 0.898. The third-order valence-electron chi connectivity index (χ3n) is 4.28. The van der Waals surface area contributed by atoms with Gasteiger partial charge in [-0.2, -0.15) is 0 Å². The summed E-state index contributed by atoms with van der Waals surface area (Å²) in [6, 6.07) is 2.97. The molecular formula is C16H19F2NO3. The van der Waals surface area contributed by atoms with Crippen LogP contribution in [-0.4, -0.2) is 22.5 Å². The van der Waals surface area contributed by atoms with Gasteiger partial charge in [-0.05, 0) is 43.2 Å². The monoisotopic (exact) mass is 311 g/mol. The van der Waals surface area contributed by atoms with E-state index in [9.17, 15) is 23.5 Å². The van der Waals surface area contributed by atoms with Crippen molar-refractivity contribution in [2.45, 2.75) is 44.6 Å². The van der Waals surface area contributed by atoms with Crippen LogP contribution in [0.5, 0.6) is 0 Å². The van der Waals surface area contributed by atoms with Crippen LogP contribution in [0.4, 0.5) is 8.78 Å². The van der Waals surface area contributed by atoms with Crippen LogP contribution in [0.1, 0.15) is 38.2 Å². The van der Waals surface area contributed by atoms with E-state index < -0.39 is 29.0 Å². The minimum Gasteiger partial charge on any atom is -0.480 e. The molecule has 120 valence electrons. The van der Waals surface area contributed by atoms with E-state index in [2.05, 4.69) is 5.32 Å². The highest BCUT2D eigenvalue weighted by atomic mass is 19.1. The third kappa shape index (κ3) is 3.61. The number of halogens is 2. The van der Waals surface area contributed by atoms with Crippen LogP contribution >= 0.6 is 0 Å². The minimum absolute atomic E-state index is 0.0450. The van der Waals surface area contributed by atoms with Crippen molar-refractivity contribution in [1.29, 1.82) is 0 Å². The number of nitrogens with one attached hydrogen (secondary N) is 1. The molecule has 2 rings (SSSR count). The molecule has 0 spiro atoms. The van der Waals surface area contributed by atoms with Crippen molar-refractivity contribution in [2.24, 2.45) is 5.92 Å². The van der Waals surface area contributed by atoms with Crippen molar-refractivity contribution in [3.8, 4) is 0 Å². The maximum absolute atomic E-state index is 13.6. The molecule has 1 saturated carbocycles. The van der Waals surface area contributed by atoms with Crippen molar-refractivity contribution < 1.29 is 23.5 Å². The van der Waals surface area contributed by atoms with Crippen LogP contribution in [0.15, 0.2) is 18.2 Å². The summed E-state index contributed by atoms with van der Waals surface area (Å²) in [4.78, 5) is 23.6. The van der Waals surface area contributed by atoms with Gasteiger partial charge >= 0.3 is 5.97 Å². The Kier molecular flexibility index (Phi) is 4.78. The van der Waals surface area contributed by atoms with Gasteiger partial charge in [0.25, 0.3) is 0 Å². The molecule has 22 heavy (non-hydrogen) atoms. The van der Waals surface area contributed by atoms with E-state index in [4.69, 9.17) is 0 Å². The largest absolute Gasteiger partial charge is 0.480 e. The summed E-state index contributed by atoms with van der Waals surface area (Å²) < 4.78 is 26.4. The highest BCUT2D eigenvalue weighted by molar-refractivity contribution is 5.88. The Balaban J connectivity index is 2.07. The zero-order chi connectivity index (χ0) is 16.3. The smallest absolute Gasteiger partial charge is 0.329 e. The van der Waals surface area contributed by atoms with Gasteiger partial charge in [0.05, 0.1) is 6.42 Å². The Hall–Kier alpha value is -1.98. The molecule has 2 N–H and O–H groups in total. The second kappa shape index (κ2) is 6.42. The number of hydrogen-bond acceptors (Lipinski definition) is 2. The van der Waals surface area contributed by atoms with Crippen LogP contribution in [0.25, 0.3) is 0 Å². The van der Waals surface area contributed by atoms with Gasteiger partial charge in [-0.3, -0.25) is 4.79 Å². The number of carboxylic acid groups (broad SMARTS) is 1. The summed E-state index contributed by atoms with van der Waals surface area (Å²) in [6.07, 6.45) is 1.86. The Bertz CT molecular complexity index is 581. The second-order valence-corrected chi connectivity index (χ2v) is 6.03. The van der Waals surface area contributed by atoms with E-state index in [1.54, 1.807) is 0 Å². The Morgan fingerprint density at radius 3 is 2.50 bits per heavy atom. The average Bonchev–Trinajstić information content (AvgIpc) is 2.44. The van der Waals surface area contributed by atoms with Crippen LogP contribution in [0, 0.1) is 17.6 Å². The summed E-state index contributed by atoms with van der Waals surface area (Å²) >= 11 is 0. The molecule has 1 fully saturated rings. The van der Waals surface area contributed by atoms with Crippen molar-refractivity contribution in [3.63, 3.8) is 0 Å². The molecule has 0 aliphatic heterocycles. The maximum atomic E-state index is 13.6. The minimum atomic E-state index is -1.28. The van der Waals surface area contributed by atoms with E-state index in [1.807, 2.05) is 6.92 Å². The van der Waals surface area contributed by atoms with Crippen molar-refractivity contribution >= 4 is 11.9 Å². The molecule has 1 aliphatic rings. The predicted octanol–water partition coefficient (Wildman–Crippen LogP) is 2.66. The Labute approximate surface area is 127 Å². The zero-order valence-electron chi connectivity index (χ0n) is 12.4. The number of aliphatic carboxylic acids is 1. The third-order valence-corrected chi connectivity index (χ3v) is 4.28. The second-order valence-electron chi connectivity index (χ2n) is 6.03. The van der Waals surface area contributed by atoms with Crippen molar-refractivity contribution in [1.82, 2.24) is 5.32 Å². The predicted molar refractivity (Wildman–Crippen MR) is 76.2 cm³/mol. The molecule has 0 radical (unpaired) electrons. The lowest BCUT2D eigenvalue weighted by Crippen LogP contribution is -2.56. The first-order valence-corrected chi connectivity index (χ1v) is 7.31. The number of carbonyl (C=O) groups excluding carboxylic acids is 1. The summed E-state index contributed by atoms with van der Waals surface area (Å²) in [5.74, 6) is -2.73. The summed E-state index contributed by atoms with van der Waals surface area (Å²) in [7, 11) is 0. The first kappa shape index (κ1) is 16.4. The van der Waals surface area contributed by atoms with Crippen LogP contribution in [0.2, 0.25) is 0 Å². The Morgan fingerprint density at radius 1 is 1.32 bits per heavy atom. The molecule has 1 aromatic rings. The molecule has 1 aromatic carbocycles. The van der Waals surface area contributed by atoms with Crippen molar-refractivity contribution in [3.05, 3.63) is 35.4 Å². The van der Waals surface area contributed by atoms with Gasteiger partial charge in [0.1, 0.15) is 17.2 Å². The summed E-state index contributed by atoms with van der Waals surface area (Å²) in [5.41, 5.74) is -1.23. The highest BCUT2D eigenvalue weighted by Crippen LogP contribution is 2.32. The van der Waals surface area contributed by atoms with Gasteiger partial charge in [-0.15, -0.1) is 0 Å². The van der Waals surface area contributed by atoms with E-state index in [0.717, 1.165) is 18.9 Å². The van der Waals surface area contributed by atoms with Crippen LogP contribution in [0.3, 0.4) is 0 Å². The molecule has 0 aromatic heterocycles. The first-order chi connectivity index (χ1) is 10.3. The number of carboxylic acids is 1. The van der Waals surface area contributed by atoms with Gasteiger partial charge < -0.3 is 10.4 Å². The van der Waals surface area contributed by atoms with E-state index in [1.165, 1.54) is 6.07 Å². The van der Waals surface area contributed by atoms with Gasteiger partial charge in [-0.25, -0.2) is 13.6 Å². The van der Waals surface area contributed by atoms with Gasteiger partial charge in [0.15, 0.2) is 0 Å². The van der Waals surface area contributed by atoms with E-state index in [0.29, 0.717) is 24.8 Å². The van der Waals surface area contributed by atoms with Crippen LogP contribution in [-0.2, 0) is 16.0 Å². The number of benzene rings is 1. The molecule has 1 aliphatic carbocycles. The molecule has 1 amide bonds. The lowest BCUT2D eigenvalue weighted by atomic mass is 9.77. The fourth-order valence-corrected chi connectivity index (χ4v) is 2.80. The maximum Gasteiger partial charge on any atom is 0.329 e. The zero-order valence-corrected chi connectivity index (χ0v) is 12.4. The number of hydrogen-bond donors (Lipinski definition) is 2. The SMILES string of the molecule is CC1CCC(NC(=O)Cc2ccc(F)cc2F)(C(=O)O)CC1. The fraction of sp³-hybridized carbons (Fsp3) is 0.500. The summed E-state index contributed by atoms with van der Waals surface area (Å²) in [5, 5.41) is 12.0. The molecule has 0 atom stereocenters. The molecular weight excluding hydrogens is 292 g/mol. The normalized spacial score (nSPS) is 24.8. The first-order valence-electron chi connectivity index (χ1n) is 7.31. The topological polar surface area (TPSA) is 66.4 Å².